The van der Waals surface area contributed by atoms with Crippen LogP contribution >= 0.6 is 0 Å². The highest BCUT2D eigenvalue weighted by molar-refractivity contribution is 5.78. The van der Waals surface area contributed by atoms with Crippen LogP contribution in [0.5, 0.6) is 0 Å². The van der Waals surface area contributed by atoms with Gasteiger partial charge in [0.2, 0.25) is 0 Å². The Morgan fingerprint density at radius 3 is 2.57 bits per heavy atom. The molecule has 2 N–H and O–H groups in total. The van der Waals surface area contributed by atoms with E-state index in [0.29, 0.717) is 26.2 Å². The first kappa shape index (κ1) is 11.5. The van der Waals surface area contributed by atoms with Crippen molar-refractivity contribution in [2.45, 2.75) is 32.8 Å². The molecule has 0 saturated carbocycles. The van der Waals surface area contributed by atoms with Crippen molar-refractivity contribution in [1.29, 1.82) is 0 Å². The van der Waals surface area contributed by atoms with Crippen LogP contribution in [-0.2, 0) is 14.3 Å². The van der Waals surface area contributed by atoms with Crippen LogP contribution in [-0.4, -0.2) is 31.3 Å². The van der Waals surface area contributed by atoms with Gasteiger partial charge in [-0.05, 0) is 27.2 Å². The van der Waals surface area contributed by atoms with Crippen molar-refractivity contribution in [3.05, 3.63) is 0 Å². The van der Waals surface area contributed by atoms with Gasteiger partial charge < -0.3 is 15.2 Å². The third kappa shape index (κ3) is 2.45. The Hall–Kier alpha value is -0.610. The van der Waals surface area contributed by atoms with Crippen LogP contribution in [0.25, 0.3) is 0 Å². The van der Waals surface area contributed by atoms with E-state index in [2.05, 4.69) is 0 Å². The summed E-state index contributed by atoms with van der Waals surface area (Å²) in [4.78, 5) is 11.8. The average Bonchev–Trinajstić information content (AvgIpc) is 2.49. The quantitative estimate of drug-likeness (QED) is 0.668. The standard InChI is InChI=1S/C10H19NO3/c1-9(2,3)14-8(12)10(6-11)4-5-13-7-10/h4-7,11H2,1-3H3. The Balaban J connectivity index is 2.66. The fourth-order valence-corrected chi connectivity index (χ4v) is 1.40. The van der Waals surface area contributed by atoms with E-state index in [0.717, 1.165) is 0 Å². The van der Waals surface area contributed by atoms with Gasteiger partial charge in [0.25, 0.3) is 0 Å². The number of ether oxygens (including phenoxy) is 2. The first-order valence-corrected chi connectivity index (χ1v) is 4.91. The lowest BCUT2D eigenvalue weighted by Crippen LogP contribution is -2.43. The van der Waals surface area contributed by atoms with Crippen LogP contribution in [0.4, 0.5) is 0 Å². The van der Waals surface area contributed by atoms with Gasteiger partial charge in [0.05, 0.1) is 6.61 Å². The van der Waals surface area contributed by atoms with E-state index < -0.39 is 11.0 Å². The zero-order valence-electron chi connectivity index (χ0n) is 9.13. The molecule has 4 heteroatoms. The molecule has 1 aliphatic rings. The van der Waals surface area contributed by atoms with Gasteiger partial charge in [0.15, 0.2) is 0 Å². The molecule has 82 valence electrons. The van der Waals surface area contributed by atoms with Gasteiger partial charge >= 0.3 is 5.97 Å². The van der Waals surface area contributed by atoms with Crippen molar-refractivity contribution in [2.24, 2.45) is 11.1 Å². The summed E-state index contributed by atoms with van der Waals surface area (Å²) >= 11 is 0. The highest BCUT2D eigenvalue weighted by atomic mass is 16.6. The first-order chi connectivity index (χ1) is 6.40. The molecule has 0 aromatic carbocycles. The minimum Gasteiger partial charge on any atom is -0.459 e. The van der Waals surface area contributed by atoms with Crippen molar-refractivity contribution in [3.8, 4) is 0 Å². The minimum atomic E-state index is -0.604. The fraction of sp³-hybridized carbons (Fsp3) is 0.900. The summed E-state index contributed by atoms with van der Waals surface area (Å²) in [5.74, 6) is -0.231. The fourth-order valence-electron chi connectivity index (χ4n) is 1.40. The van der Waals surface area contributed by atoms with Crippen molar-refractivity contribution >= 4 is 5.97 Å². The maximum Gasteiger partial charge on any atom is 0.316 e. The second-order valence-corrected chi connectivity index (χ2v) is 4.79. The number of nitrogens with two attached hydrogens (primary N) is 1. The van der Waals surface area contributed by atoms with E-state index in [4.69, 9.17) is 15.2 Å². The van der Waals surface area contributed by atoms with Crippen LogP contribution in [0.2, 0.25) is 0 Å². The largest absolute Gasteiger partial charge is 0.459 e. The van der Waals surface area contributed by atoms with E-state index in [9.17, 15) is 4.79 Å². The third-order valence-corrected chi connectivity index (χ3v) is 2.33. The molecular weight excluding hydrogens is 182 g/mol. The zero-order valence-corrected chi connectivity index (χ0v) is 9.13. The predicted molar refractivity (Wildman–Crippen MR) is 52.8 cm³/mol. The summed E-state index contributed by atoms with van der Waals surface area (Å²) in [6.45, 7) is 6.83. The molecule has 0 aromatic rings. The molecule has 1 rings (SSSR count). The number of rotatable bonds is 2. The van der Waals surface area contributed by atoms with Crippen molar-refractivity contribution in [1.82, 2.24) is 0 Å². The predicted octanol–water partition coefficient (Wildman–Crippen LogP) is 0.694. The molecule has 1 atom stereocenters. The molecule has 0 bridgehead atoms. The summed E-state index contributed by atoms with van der Waals surface area (Å²) in [6.07, 6.45) is 0.665. The molecule has 1 saturated heterocycles. The molecule has 1 aliphatic heterocycles. The molecule has 0 amide bonds. The molecule has 4 nitrogen and oxygen atoms in total. The molecule has 1 unspecified atom stereocenters. The summed E-state index contributed by atoms with van der Waals surface area (Å²) in [5, 5.41) is 0. The number of hydrogen-bond acceptors (Lipinski definition) is 4. The summed E-state index contributed by atoms with van der Waals surface area (Å²) in [5.41, 5.74) is 4.55. The van der Waals surface area contributed by atoms with E-state index in [-0.39, 0.29) is 5.97 Å². The Kier molecular flexibility index (Phi) is 3.17. The number of hydrogen-bond donors (Lipinski definition) is 1. The lowest BCUT2D eigenvalue weighted by atomic mass is 9.87. The van der Waals surface area contributed by atoms with Gasteiger partial charge in [-0.15, -0.1) is 0 Å². The van der Waals surface area contributed by atoms with E-state index in [1.54, 1.807) is 0 Å². The van der Waals surface area contributed by atoms with Crippen molar-refractivity contribution in [2.75, 3.05) is 19.8 Å². The second kappa shape index (κ2) is 3.87. The number of carbonyl (C=O) groups excluding carboxylic acids is 1. The number of esters is 1. The van der Waals surface area contributed by atoms with Crippen molar-refractivity contribution in [3.63, 3.8) is 0 Å². The lowest BCUT2D eigenvalue weighted by Gasteiger charge is -2.28. The smallest absolute Gasteiger partial charge is 0.316 e. The molecule has 0 aliphatic carbocycles. The Morgan fingerprint density at radius 2 is 2.21 bits per heavy atom. The van der Waals surface area contributed by atoms with Crippen LogP contribution in [0.15, 0.2) is 0 Å². The molecule has 1 fully saturated rings. The molecule has 0 radical (unpaired) electrons. The highest BCUT2D eigenvalue weighted by Crippen LogP contribution is 2.30. The van der Waals surface area contributed by atoms with Gasteiger partial charge in [-0.1, -0.05) is 0 Å². The van der Waals surface area contributed by atoms with Crippen molar-refractivity contribution < 1.29 is 14.3 Å². The maximum absolute atomic E-state index is 11.8. The topological polar surface area (TPSA) is 61.5 Å². The highest BCUT2D eigenvalue weighted by Gasteiger charge is 2.43. The summed E-state index contributed by atoms with van der Waals surface area (Å²) in [7, 11) is 0. The lowest BCUT2D eigenvalue weighted by molar-refractivity contribution is -0.167. The maximum atomic E-state index is 11.8. The Morgan fingerprint density at radius 1 is 1.57 bits per heavy atom. The third-order valence-electron chi connectivity index (χ3n) is 2.33. The normalized spacial score (nSPS) is 27.7. The van der Waals surface area contributed by atoms with E-state index in [1.807, 2.05) is 20.8 Å². The molecule has 0 spiro atoms. The summed E-state index contributed by atoms with van der Waals surface area (Å²) < 4.78 is 10.5. The SMILES string of the molecule is CC(C)(C)OC(=O)C1(CN)CCOC1. The molecule has 1 heterocycles. The van der Waals surface area contributed by atoms with E-state index >= 15 is 0 Å². The van der Waals surface area contributed by atoms with E-state index in [1.165, 1.54) is 0 Å². The van der Waals surface area contributed by atoms with Crippen LogP contribution in [0.1, 0.15) is 27.2 Å². The van der Waals surface area contributed by atoms with Gasteiger partial charge in [0, 0.05) is 13.2 Å². The molecular formula is C10H19NO3. The second-order valence-electron chi connectivity index (χ2n) is 4.79. The molecule has 14 heavy (non-hydrogen) atoms. The number of carbonyl (C=O) groups is 1. The Bertz CT molecular complexity index is 214. The van der Waals surface area contributed by atoms with Crippen LogP contribution in [0.3, 0.4) is 0 Å². The average molecular weight is 201 g/mol. The summed E-state index contributed by atoms with van der Waals surface area (Å²) in [6, 6.07) is 0. The van der Waals surface area contributed by atoms with Gasteiger partial charge in [-0.3, -0.25) is 4.79 Å². The minimum absolute atomic E-state index is 0.231. The molecule has 0 aromatic heterocycles. The monoisotopic (exact) mass is 201 g/mol. The van der Waals surface area contributed by atoms with Gasteiger partial charge in [-0.25, -0.2) is 0 Å². The zero-order chi connectivity index (χ0) is 10.8. The van der Waals surface area contributed by atoms with Gasteiger partial charge in [-0.2, -0.15) is 0 Å². The van der Waals surface area contributed by atoms with Gasteiger partial charge in [0.1, 0.15) is 11.0 Å². The van der Waals surface area contributed by atoms with Crippen LogP contribution in [0, 0.1) is 5.41 Å². The van der Waals surface area contributed by atoms with Crippen LogP contribution < -0.4 is 5.73 Å². The Labute approximate surface area is 84.7 Å². The first-order valence-electron chi connectivity index (χ1n) is 4.91.